The van der Waals surface area contributed by atoms with Crippen molar-refractivity contribution >= 4 is 11.4 Å². The molecule has 2 heteroatoms. The Kier molecular flexibility index (Phi) is 4.73. The lowest BCUT2D eigenvalue weighted by Gasteiger charge is -2.33. The van der Waals surface area contributed by atoms with Crippen LogP contribution in [0.5, 0.6) is 0 Å². The van der Waals surface area contributed by atoms with Crippen LogP contribution >= 0.6 is 0 Å². The fourth-order valence-corrected chi connectivity index (χ4v) is 3.03. The van der Waals surface area contributed by atoms with E-state index in [9.17, 15) is 0 Å². The van der Waals surface area contributed by atoms with Gasteiger partial charge in [0.1, 0.15) is 0 Å². The number of hydrogen-bond acceptors (Lipinski definition) is 2. The molecular weight excluding hydrogens is 232 g/mol. The highest BCUT2D eigenvalue weighted by atomic mass is 15.2. The summed E-state index contributed by atoms with van der Waals surface area (Å²) in [5, 5.41) is 0. The molecule has 2 nitrogen and oxygen atoms in total. The van der Waals surface area contributed by atoms with E-state index in [1.807, 2.05) is 0 Å². The number of benzene rings is 1. The maximum Gasteiger partial charge on any atom is 0.0605 e. The minimum Gasteiger partial charge on any atom is -0.397 e. The lowest BCUT2D eigenvalue weighted by atomic mass is 10.1. The first kappa shape index (κ1) is 14.2. The van der Waals surface area contributed by atoms with E-state index < -0.39 is 0 Å². The van der Waals surface area contributed by atoms with Crippen LogP contribution in [-0.2, 0) is 0 Å². The maximum atomic E-state index is 6.32. The van der Waals surface area contributed by atoms with E-state index in [4.69, 9.17) is 5.73 Å². The molecule has 2 N–H and O–H groups in total. The van der Waals surface area contributed by atoms with Crippen LogP contribution < -0.4 is 10.6 Å². The Morgan fingerprint density at radius 2 is 1.95 bits per heavy atom. The Labute approximate surface area is 118 Å². The number of rotatable bonds is 5. The summed E-state index contributed by atoms with van der Waals surface area (Å²) < 4.78 is 0. The average molecular weight is 260 g/mol. The molecule has 0 amide bonds. The van der Waals surface area contributed by atoms with Crippen LogP contribution in [0.15, 0.2) is 18.2 Å². The van der Waals surface area contributed by atoms with Crippen LogP contribution in [0.4, 0.5) is 11.4 Å². The molecule has 1 fully saturated rings. The van der Waals surface area contributed by atoms with Crippen molar-refractivity contribution < 1.29 is 0 Å². The largest absolute Gasteiger partial charge is 0.397 e. The van der Waals surface area contributed by atoms with E-state index in [-0.39, 0.29) is 0 Å². The van der Waals surface area contributed by atoms with Crippen LogP contribution in [0.1, 0.15) is 51.5 Å². The lowest BCUT2D eigenvalue weighted by Crippen LogP contribution is -2.35. The maximum absolute atomic E-state index is 6.32. The van der Waals surface area contributed by atoms with Crippen LogP contribution in [0.3, 0.4) is 0 Å². The molecule has 1 aromatic carbocycles. The SMILES string of the molecule is Cc1cccc(N(CCC(C)C)C2CCCC2)c1N. The third-order valence-corrected chi connectivity index (χ3v) is 4.32. The molecule has 2 rings (SSSR count). The summed E-state index contributed by atoms with van der Waals surface area (Å²) >= 11 is 0. The van der Waals surface area contributed by atoms with Crippen molar-refractivity contribution in [2.45, 2.75) is 58.9 Å². The van der Waals surface area contributed by atoms with Crippen molar-refractivity contribution in [2.24, 2.45) is 5.92 Å². The minimum atomic E-state index is 0.697. The third-order valence-electron chi connectivity index (χ3n) is 4.32. The molecule has 0 aromatic heterocycles. The predicted octanol–water partition coefficient (Wildman–Crippen LogP) is 4.37. The minimum absolute atomic E-state index is 0.697. The average Bonchev–Trinajstić information content (AvgIpc) is 2.88. The smallest absolute Gasteiger partial charge is 0.0605 e. The monoisotopic (exact) mass is 260 g/mol. The zero-order valence-electron chi connectivity index (χ0n) is 12.7. The summed E-state index contributed by atoms with van der Waals surface area (Å²) in [5.74, 6) is 0.745. The summed E-state index contributed by atoms with van der Waals surface area (Å²) in [6.07, 6.45) is 6.63. The number of para-hydroxylation sites is 1. The standard InChI is InChI=1S/C17H28N2/c1-13(2)11-12-19(15-8-4-5-9-15)16-10-6-7-14(3)17(16)18/h6-7,10,13,15H,4-5,8-9,11-12,18H2,1-3H3. The fourth-order valence-electron chi connectivity index (χ4n) is 3.03. The first-order chi connectivity index (χ1) is 9.09. The summed E-state index contributed by atoms with van der Waals surface area (Å²) in [6.45, 7) is 7.84. The van der Waals surface area contributed by atoms with Crippen LogP contribution in [0.25, 0.3) is 0 Å². The summed E-state index contributed by atoms with van der Waals surface area (Å²) in [7, 11) is 0. The van der Waals surface area contributed by atoms with E-state index in [2.05, 4.69) is 43.9 Å². The van der Waals surface area contributed by atoms with E-state index in [1.165, 1.54) is 43.4 Å². The molecule has 1 aliphatic carbocycles. The lowest BCUT2D eigenvalue weighted by molar-refractivity contribution is 0.529. The van der Waals surface area contributed by atoms with Crippen molar-refractivity contribution in [1.82, 2.24) is 0 Å². The number of aryl methyl sites for hydroxylation is 1. The van der Waals surface area contributed by atoms with Gasteiger partial charge < -0.3 is 10.6 Å². The molecule has 106 valence electrons. The van der Waals surface area contributed by atoms with E-state index in [1.54, 1.807) is 0 Å². The molecule has 1 aliphatic rings. The quantitative estimate of drug-likeness (QED) is 0.796. The normalized spacial score (nSPS) is 16.2. The number of hydrogen-bond donors (Lipinski definition) is 1. The Hall–Kier alpha value is -1.18. The molecule has 1 saturated carbocycles. The van der Waals surface area contributed by atoms with Crippen molar-refractivity contribution in [2.75, 3.05) is 17.2 Å². The van der Waals surface area contributed by atoms with Crippen molar-refractivity contribution in [3.05, 3.63) is 23.8 Å². The molecule has 0 atom stereocenters. The number of nitrogen functional groups attached to an aromatic ring is 1. The van der Waals surface area contributed by atoms with Gasteiger partial charge in [0.25, 0.3) is 0 Å². The van der Waals surface area contributed by atoms with Gasteiger partial charge in [-0.15, -0.1) is 0 Å². The van der Waals surface area contributed by atoms with Gasteiger partial charge in [0.2, 0.25) is 0 Å². The highest BCUT2D eigenvalue weighted by molar-refractivity contribution is 5.71. The van der Waals surface area contributed by atoms with E-state index in [0.29, 0.717) is 6.04 Å². The molecule has 0 spiro atoms. The first-order valence-electron chi connectivity index (χ1n) is 7.71. The Bertz CT molecular complexity index is 406. The zero-order valence-corrected chi connectivity index (χ0v) is 12.7. The first-order valence-corrected chi connectivity index (χ1v) is 7.71. The van der Waals surface area contributed by atoms with Crippen molar-refractivity contribution in [3.63, 3.8) is 0 Å². The van der Waals surface area contributed by atoms with Gasteiger partial charge in [-0.3, -0.25) is 0 Å². The second-order valence-corrected chi connectivity index (χ2v) is 6.32. The molecule has 0 radical (unpaired) electrons. The second-order valence-electron chi connectivity index (χ2n) is 6.32. The molecule has 0 saturated heterocycles. The molecular formula is C17H28N2. The zero-order chi connectivity index (χ0) is 13.8. The van der Waals surface area contributed by atoms with Gasteiger partial charge in [0.15, 0.2) is 0 Å². The molecule has 0 bridgehead atoms. The fraction of sp³-hybridized carbons (Fsp3) is 0.647. The summed E-state index contributed by atoms with van der Waals surface area (Å²) in [6, 6.07) is 7.14. The van der Waals surface area contributed by atoms with Gasteiger partial charge in [-0.25, -0.2) is 0 Å². The van der Waals surface area contributed by atoms with Crippen LogP contribution in [0.2, 0.25) is 0 Å². The van der Waals surface area contributed by atoms with E-state index in [0.717, 1.165) is 18.2 Å². The Morgan fingerprint density at radius 3 is 2.58 bits per heavy atom. The number of nitrogens with two attached hydrogens (primary N) is 1. The molecule has 0 heterocycles. The summed E-state index contributed by atoms with van der Waals surface area (Å²) in [4.78, 5) is 2.58. The van der Waals surface area contributed by atoms with Gasteiger partial charge in [-0.1, -0.05) is 38.8 Å². The highest BCUT2D eigenvalue weighted by Crippen LogP contribution is 2.33. The van der Waals surface area contributed by atoms with Crippen LogP contribution in [-0.4, -0.2) is 12.6 Å². The molecule has 0 unspecified atom stereocenters. The topological polar surface area (TPSA) is 29.3 Å². The van der Waals surface area contributed by atoms with Crippen molar-refractivity contribution in [1.29, 1.82) is 0 Å². The van der Waals surface area contributed by atoms with Gasteiger partial charge in [-0.2, -0.15) is 0 Å². The summed E-state index contributed by atoms with van der Waals surface area (Å²) in [5.41, 5.74) is 9.74. The number of nitrogens with zero attached hydrogens (tertiary/aromatic N) is 1. The van der Waals surface area contributed by atoms with Crippen LogP contribution in [0, 0.1) is 12.8 Å². The van der Waals surface area contributed by atoms with Gasteiger partial charge in [0, 0.05) is 12.6 Å². The highest BCUT2D eigenvalue weighted by Gasteiger charge is 2.24. The third kappa shape index (κ3) is 3.43. The predicted molar refractivity (Wildman–Crippen MR) is 84.6 cm³/mol. The number of anilines is 2. The Morgan fingerprint density at radius 1 is 1.26 bits per heavy atom. The molecule has 19 heavy (non-hydrogen) atoms. The van der Waals surface area contributed by atoms with Gasteiger partial charge >= 0.3 is 0 Å². The van der Waals surface area contributed by atoms with Gasteiger partial charge in [-0.05, 0) is 43.7 Å². The second kappa shape index (κ2) is 6.31. The Balaban J connectivity index is 2.22. The van der Waals surface area contributed by atoms with E-state index >= 15 is 0 Å². The molecule has 1 aromatic rings. The van der Waals surface area contributed by atoms with Crippen molar-refractivity contribution in [3.8, 4) is 0 Å². The molecule has 0 aliphatic heterocycles. The van der Waals surface area contributed by atoms with Gasteiger partial charge in [0.05, 0.1) is 11.4 Å².